The van der Waals surface area contributed by atoms with Crippen LogP contribution in [0.15, 0.2) is 24.4 Å². The van der Waals surface area contributed by atoms with Gasteiger partial charge < -0.3 is 14.5 Å². The van der Waals surface area contributed by atoms with Crippen LogP contribution in [0, 0.1) is 0 Å². The number of aromatic amines is 1. The van der Waals surface area contributed by atoms with Crippen LogP contribution in [0.3, 0.4) is 0 Å². The zero-order valence-electron chi connectivity index (χ0n) is 14.5. The first-order valence-corrected chi connectivity index (χ1v) is 8.16. The van der Waals surface area contributed by atoms with Crippen molar-refractivity contribution in [3.63, 3.8) is 0 Å². The van der Waals surface area contributed by atoms with E-state index in [4.69, 9.17) is 9.47 Å². The van der Waals surface area contributed by atoms with Gasteiger partial charge in [-0.15, -0.1) is 0 Å². The van der Waals surface area contributed by atoms with Crippen LogP contribution in [-0.2, 0) is 16.1 Å². The number of nitrogens with one attached hydrogen (secondary N) is 1. The van der Waals surface area contributed by atoms with Crippen molar-refractivity contribution in [3.05, 3.63) is 41.2 Å². The number of fused-ring (bicyclic) bond motifs is 3. The third kappa shape index (κ3) is 2.65. The second kappa shape index (κ2) is 6.61. The Hall–Kier alpha value is -2.40. The van der Waals surface area contributed by atoms with E-state index in [9.17, 15) is 4.79 Å². The van der Waals surface area contributed by atoms with E-state index in [0.29, 0.717) is 24.8 Å². The van der Waals surface area contributed by atoms with Crippen molar-refractivity contribution < 1.29 is 14.3 Å². The molecule has 0 amide bonds. The molecule has 0 aliphatic carbocycles. The molecule has 0 aliphatic rings. The van der Waals surface area contributed by atoms with Crippen LogP contribution < -0.4 is 0 Å². The maximum Gasteiger partial charge on any atom is 0.357 e. The van der Waals surface area contributed by atoms with Crippen LogP contribution in [0.5, 0.6) is 0 Å². The van der Waals surface area contributed by atoms with Gasteiger partial charge in [0.25, 0.3) is 0 Å². The van der Waals surface area contributed by atoms with Crippen molar-refractivity contribution >= 4 is 27.8 Å². The van der Waals surface area contributed by atoms with E-state index in [1.807, 2.05) is 12.1 Å². The van der Waals surface area contributed by atoms with Crippen molar-refractivity contribution in [1.82, 2.24) is 9.97 Å². The summed E-state index contributed by atoms with van der Waals surface area (Å²) in [5, 5.41) is 2.12. The molecule has 24 heavy (non-hydrogen) atoms. The van der Waals surface area contributed by atoms with Gasteiger partial charge in [-0.2, -0.15) is 0 Å². The Morgan fingerprint density at radius 1 is 1.25 bits per heavy atom. The summed E-state index contributed by atoms with van der Waals surface area (Å²) < 4.78 is 10.5. The van der Waals surface area contributed by atoms with Crippen molar-refractivity contribution in [1.29, 1.82) is 0 Å². The van der Waals surface area contributed by atoms with Crippen LogP contribution in [0.25, 0.3) is 21.8 Å². The third-order valence-electron chi connectivity index (χ3n) is 4.18. The molecule has 0 saturated carbocycles. The first-order chi connectivity index (χ1) is 11.6. The summed E-state index contributed by atoms with van der Waals surface area (Å²) in [4.78, 5) is 20.0. The molecule has 1 aromatic carbocycles. The number of esters is 1. The summed E-state index contributed by atoms with van der Waals surface area (Å²) in [6, 6.07) is 6.21. The molecular formula is C19H22N2O3. The molecule has 126 valence electrons. The molecule has 3 rings (SSSR count). The molecule has 0 fully saturated rings. The van der Waals surface area contributed by atoms with Crippen LogP contribution in [0.2, 0.25) is 0 Å². The van der Waals surface area contributed by atoms with Crippen LogP contribution in [-0.4, -0.2) is 29.7 Å². The van der Waals surface area contributed by atoms with Gasteiger partial charge in [-0.1, -0.05) is 26.0 Å². The normalized spacial score (nSPS) is 11.5. The Labute approximate surface area is 141 Å². The fourth-order valence-electron chi connectivity index (χ4n) is 3.17. The molecule has 5 heteroatoms. The number of carbonyl (C=O) groups is 1. The molecule has 2 heterocycles. The Morgan fingerprint density at radius 3 is 2.71 bits per heavy atom. The molecule has 0 atom stereocenters. The lowest BCUT2D eigenvalue weighted by Gasteiger charge is -2.12. The van der Waals surface area contributed by atoms with Gasteiger partial charge in [0.1, 0.15) is 0 Å². The minimum atomic E-state index is -0.414. The highest BCUT2D eigenvalue weighted by molar-refractivity contribution is 6.12. The highest BCUT2D eigenvalue weighted by atomic mass is 16.5. The van der Waals surface area contributed by atoms with E-state index in [1.165, 1.54) is 5.56 Å². The van der Waals surface area contributed by atoms with Gasteiger partial charge in [-0.05, 0) is 24.5 Å². The number of H-pyrrole nitrogens is 1. The van der Waals surface area contributed by atoms with Gasteiger partial charge in [0.2, 0.25) is 0 Å². The number of carbonyl (C=O) groups excluding carboxylic acids is 1. The topological polar surface area (TPSA) is 64.2 Å². The van der Waals surface area contributed by atoms with E-state index in [2.05, 4.69) is 29.9 Å². The molecule has 3 aromatic rings. The zero-order chi connectivity index (χ0) is 17.3. The summed E-state index contributed by atoms with van der Waals surface area (Å²) in [5.74, 6) is -0.0508. The van der Waals surface area contributed by atoms with Crippen molar-refractivity contribution in [3.8, 4) is 0 Å². The first kappa shape index (κ1) is 16.5. The van der Waals surface area contributed by atoms with Crippen molar-refractivity contribution in [2.24, 2.45) is 0 Å². The fraction of sp³-hybridized carbons (Fsp3) is 0.368. The lowest BCUT2D eigenvalue weighted by atomic mass is 9.95. The average molecular weight is 326 g/mol. The summed E-state index contributed by atoms with van der Waals surface area (Å²) >= 11 is 0. The van der Waals surface area contributed by atoms with E-state index in [1.54, 1.807) is 20.2 Å². The number of hydrogen-bond donors (Lipinski definition) is 1. The summed E-state index contributed by atoms with van der Waals surface area (Å²) in [6.07, 6.45) is 1.70. The molecule has 0 spiro atoms. The number of benzene rings is 1. The quantitative estimate of drug-likeness (QED) is 0.715. The minimum Gasteiger partial charge on any atom is -0.461 e. The SMILES string of the molecule is CCOC(=O)c1ncc2[nH]c3cccc(C(C)C)c3c2c1COC. The Kier molecular flexibility index (Phi) is 4.53. The van der Waals surface area contributed by atoms with Crippen LogP contribution in [0.4, 0.5) is 0 Å². The zero-order valence-corrected chi connectivity index (χ0v) is 14.5. The highest BCUT2D eigenvalue weighted by Crippen LogP contribution is 2.35. The predicted octanol–water partition coefficient (Wildman–Crippen LogP) is 4.16. The van der Waals surface area contributed by atoms with Gasteiger partial charge in [0.05, 0.1) is 24.9 Å². The summed E-state index contributed by atoms with van der Waals surface area (Å²) in [7, 11) is 1.62. The standard InChI is InChI=1S/C19H22N2O3/c1-5-24-19(22)18-13(10-23-4)17-15(9-20-18)21-14-8-6-7-12(11(2)3)16(14)17/h6-9,11,21H,5,10H2,1-4H3. The molecular weight excluding hydrogens is 304 g/mol. The van der Waals surface area contributed by atoms with Gasteiger partial charge >= 0.3 is 5.97 Å². The predicted molar refractivity (Wildman–Crippen MR) is 94.4 cm³/mol. The monoisotopic (exact) mass is 326 g/mol. The maximum absolute atomic E-state index is 12.3. The largest absolute Gasteiger partial charge is 0.461 e. The lowest BCUT2D eigenvalue weighted by Crippen LogP contribution is -2.11. The number of pyridine rings is 1. The lowest BCUT2D eigenvalue weighted by molar-refractivity contribution is 0.0514. The van der Waals surface area contributed by atoms with Gasteiger partial charge in [-0.3, -0.25) is 0 Å². The number of methoxy groups -OCH3 is 1. The molecule has 0 aliphatic heterocycles. The van der Waals surface area contributed by atoms with E-state index < -0.39 is 5.97 Å². The fourth-order valence-corrected chi connectivity index (χ4v) is 3.17. The Balaban J connectivity index is 2.40. The molecule has 0 saturated heterocycles. The smallest absolute Gasteiger partial charge is 0.357 e. The number of hydrogen-bond acceptors (Lipinski definition) is 4. The Morgan fingerprint density at radius 2 is 2.04 bits per heavy atom. The molecule has 0 unspecified atom stereocenters. The highest BCUT2D eigenvalue weighted by Gasteiger charge is 2.21. The van der Waals surface area contributed by atoms with E-state index in [-0.39, 0.29) is 0 Å². The van der Waals surface area contributed by atoms with E-state index in [0.717, 1.165) is 27.4 Å². The van der Waals surface area contributed by atoms with Crippen LogP contribution >= 0.6 is 0 Å². The minimum absolute atomic E-state index is 0.303. The first-order valence-electron chi connectivity index (χ1n) is 8.16. The number of nitrogens with zero attached hydrogens (tertiary/aromatic N) is 1. The second-order valence-electron chi connectivity index (χ2n) is 6.08. The van der Waals surface area contributed by atoms with Gasteiger partial charge in [0, 0.05) is 29.0 Å². The molecule has 5 nitrogen and oxygen atoms in total. The molecule has 1 N–H and O–H groups in total. The van der Waals surface area contributed by atoms with Gasteiger partial charge in [0.15, 0.2) is 5.69 Å². The van der Waals surface area contributed by atoms with Crippen molar-refractivity contribution in [2.45, 2.75) is 33.3 Å². The molecule has 2 aromatic heterocycles. The molecule has 0 bridgehead atoms. The second-order valence-corrected chi connectivity index (χ2v) is 6.08. The third-order valence-corrected chi connectivity index (χ3v) is 4.18. The average Bonchev–Trinajstić information content (AvgIpc) is 2.94. The maximum atomic E-state index is 12.3. The van der Waals surface area contributed by atoms with E-state index >= 15 is 0 Å². The summed E-state index contributed by atoms with van der Waals surface area (Å²) in [5.41, 5.74) is 4.27. The molecule has 0 radical (unpaired) electrons. The van der Waals surface area contributed by atoms with Crippen LogP contribution in [0.1, 0.15) is 48.3 Å². The number of aromatic nitrogens is 2. The van der Waals surface area contributed by atoms with Gasteiger partial charge in [-0.25, -0.2) is 9.78 Å². The summed E-state index contributed by atoms with van der Waals surface area (Å²) in [6.45, 7) is 6.73. The van der Waals surface area contributed by atoms with Crippen molar-refractivity contribution in [2.75, 3.05) is 13.7 Å². The number of ether oxygens (including phenoxy) is 2. The Bertz CT molecular complexity index is 896. The number of rotatable bonds is 5.